The summed E-state index contributed by atoms with van der Waals surface area (Å²) in [6, 6.07) is 15.1. The van der Waals surface area contributed by atoms with Crippen LogP contribution in [0.4, 0.5) is 5.69 Å². The summed E-state index contributed by atoms with van der Waals surface area (Å²) >= 11 is 0. The quantitative estimate of drug-likeness (QED) is 0.771. The van der Waals surface area contributed by atoms with Gasteiger partial charge in [-0.2, -0.15) is 0 Å². The van der Waals surface area contributed by atoms with Crippen LogP contribution in [0.3, 0.4) is 0 Å². The maximum absolute atomic E-state index is 12.9. The van der Waals surface area contributed by atoms with Crippen LogP contribution in [-0.4, -0.2) is 29.9 Å². The molecule has 0 aromatic heterocycles. The fourth-order valence-corrected chi connectivity index (χ4v) is 4.54. The fourth-order valence-electron chi connectivity index (χ4n) is 4.54. The number of hydrogen-bond acceptors (Lipinski definition) is 2. The van der Waals surface area contributed by atoms with E-state index in [4.69, 9.17) is 0 Å². The lowest BCUT2D eigenvalue weighted by atomic mass is 10.0. The number of para-hydroxylation sites is 1. The summed E-state index contributed by atoms with van der Waals surface area (Å²) in [5, 5.41) is 0. The molecule has 1 aliphatic carbocycles. The van der Waals surface area contributed by atoms with E-state index in [1.807, 2.05) is 35.2 Å². The van der Waals surface area contributed by atoms with Gasteiger partial charge in [0.25, 0.3) is 5.91 Å². The minimum atomic E-state index is 0.149. The van der Waals surface area contributed by atoms with E-state index >= 15 is 0 Å². The third-order valence-corrected chi connectivity index (χ3v) is 5.75. The molecule has 0 saturated heterocycles. The van der Waals surface area contributed by atoms with Gasteiger partial charge in [-0.1, -0.05) is 38.1 Å². The molecule has 2 aliphatic rings. The number of carbonyl (C=O) groups is 1. The van der Waals surface area contributed by atoms with Crippen LogP contribution in [0.15, 0.2) is 42.5 Å². The monoisotopic (exact) mass is 348 g/mol. The van der Waals surface area contributed by atoms with Crippen LogP contribution in [0.5, 0.6) is 0 Å². The molecular formula is C23H28N2O. The van der Waals surface area contributed by atoms with Crippen molar-refractivity contribution in [1.82, 2.24) is 4.90 Å². The predicted molar refractivity (Wildman–Crippen MR) is 107 cm³/mol. The Hall–Kier alpha value is -2.13. The molecule has 0 radical (unpaired) electrons. The van der Waals surface area contributed by atoms with Crippen molar-refractivity contribution in [3.05, 3.63) is 64.7 Å². The molecule has 26 heavy (non-hydrogen) atoms. The van der Waals surface area contributed by atoms with Gasteiger partial charge in [0.15, 0.2) is 0 Å². The highest BCUT2D eigenvalue weighted by molar-refractivity contribution is 6.10. The number of amides is 1. The SMILES string of the molecule is CCCN(CCC)C1Cc2cc3c(cc2C1)C(=O)N(c1ccccc1)C3. The first-order valence-corrected chi connectivity index (χ1v) is 9.96. The maximum atomic E-state index is 12.9. The van der Waals surface area contributed by atoms with Gasteiger partial charge in [0, 0.05) is 17.3 Å². The Balaban J connectivity index is 1.56. The van der Waals surface area contributed by atoms with Crippen molar-refractivity contribution in [1.29, 1.82) is 0 Å². The van der Waals surface area contributed by atoms with E-state index in [1.54, 1.807) is 0 Å². The number of rotatable bonds is 6. The van der Waals surface area contributed by atoms with Gasteiger partial charge < -0.3 is 4.90 Å². The van der Waals surface area contributed by atoms with Crippen molar-refractivity contribution in [3.8, 4) is 0 Å². The smallest absolute Gasteiger partial charge is 0.258 e. The number of fused-ring (bicyclic) bond motifs is 2. The third kappa shape index (κ3) is 3.05. The largest absolute Gasteiger partial charge is 0.304 e. The fraction of sp³-hybridized carbons (Fsp3) is 0.435. The molecule has 136 valence electrons. The van der Waals surface area contributed by atoms with E-state index in [1.165, 1.54) is 42.6 Å². The minimum Gasteiger partial charge on any atom is -0.304 e. The van der Waals surface area contributed by atoms with Crippen molar-refractivity contribution in [2.75, 3.05) is 18.0 Å². The first kappa shape index (κ1) is 17.3. The molecule has 0 N–H and O–H groups in total. The molecular weight excluding hydrogens is 320 g/mol. The van der Waals surface area contributed by atoms with Crippen LogP contribution < -0.4 is 4.90 Å². The maximum Gasteiger partial charge on any atom is 0.258 e. The highest BCUT2D eigenvalue weighted by Gasteiger charge is 2.33. The van der Waals surface area contributed by atoms with Gasteiger partial charge in [-0.05, 0) is 73.7 Å². The summed E-state index contributed by atoms with van der Waals surface area (Å²) in [7, 11) is 0. The average Bonchev–Trinajstić information content (AvgIpc) is 3.21. The Labute approximate surface area is 156 Å². The van der Waals surface area contributed by atoms with E-state index in [-0.39, 0.29) is 5.91 Å². The predicted octanol–water partition coefficient (Wildman–Crippen LogP) is 4.44. The zero-order valence-corrected chi connectivity index (χ0v) is 15.9. The van der Waals surface area contributed by atoms with Gasteiger partial charge in [-0.25, -0.2) is 0 Å². The summed E-state index contributed by atoms with van der Waals surface area (Å²) in [5.41, 5.74) is 5.92. The highest BCUT2D eigenvalue weighted by atomic mass is 16.2. The van der Waals surface area contributed by atoms with E-state index in [0.717, 1.165) is 24.1 Å². The molecule has 0 fully saturated rings. The Morgan fingerprint density at radius 2 is 1.62 bits per heavy atom. The number of anilines is 1. The summed E-state index contributed by atoms with van der Waals surface area (Å²) in [4.78, 5) is 17.5. The normalized spacial score (nSPS) is 18.5. The number of carbonyl (C=O) groups excluding carboxylic acids is 1. The Morgan fingerprint density at radius 3 is 2.27 bits per heavy atom. The highest BCUT2D eigenvalue weighted by Crippen LogP contribution is 2.34. The molecule has 1 atom stereocenters. The average molecular weight is 348 g/mol. The lowest BCUT2D eigenvalue weighted by Crippen LogP contribution is -2.37. The summed E-state index contributed by atoms with van der Waals surface area (Å²) in [6.07, 6.45) is 4.62. The van der Waals surface area contributed by atoms with E-state index in [0.29, 0.717) is 12.6 Å². The van der Waals surface area contributed by atoms with Gasteiger partial charge >= 0.3 is 0 Å². The molecule has 3 nitrogen and oxygen atoms in total. The zero-order chi connectivity index (χ0) is 18.1. The molecule has 1 heterocycles. The lowest BCUT2D eigenvalue weighted by molar-refractivity contribution is 0.0996. The van der Waals surface area contributed by atoms with Crippen LogP contribution in [-0.2, 0) is 19.4 Å². The molecule has 1 amide bonds. The van der Waals surface area contributed by atoms with Gasteiger partial charge in [0.05, 0.1) is 6.54 Å². The second-order valence-electron chi connectivity index (χ2n) is 7.60. The number of benzene rings is 2. The number of hydrogen-bond donors (Lipinski definition) is 0. The van der Waals surface area contributed by atoms with Crippen LogP contribution in [0, 0.1) is 0 Å². The van der Waals surface area contributed by atoms with E-state index in [2.05, 4.69) is 30.9 Å². The second-order valence-corrected chi connectivity index (χ2v) is 7.60. The van der Waals surface area contributed by atoms with Crippen molar-refractivity contribution in [3.63, 3.8) is 0 Å². The van der Waals surface area contributed by atoms with Crippen LogP contribution >= 0.6 is 0 Å². The Bertz CT molecular complexity index is 793. The Kier molecular flexibility index (Phi) is 4.82. The molecule has 1 unspecified atom stereocenters. The van der Waals surface area contributed by atoms with Gasteiger partial charge in [0.2, 0.25) is 0 Å². The van der Waals surface area contributed by atoms with Crippen LogP contribution in [0.1, 0.15) is 53.7 Å². The molecule has 2 aromatic rings. The van der Waals surface area contributed by atoms with Crippen molar-refractivity contribution in [2.45, 2.75) is 52.1 Å². The van der Waals surface area contributed by atoms with Crippen molar-refractivity contribution in [2.24, 2.45) is 0 Å². The van der Waals surface area contributed by atoms with Crippen molar-refractivity contribution >= 4 is 11.6 Å². The molecule has 3 heteroatoms. The summed E-state index contributed by atoms with van der Waals surface area (Å²) < 4.78 is 0. The summed E-state index contributed by atoms with van der Waals surface area (Å²) in [5.74, 6) is 0.149. The van der Waals surface area contributed by atoms with E-state index < -0.39 is 0 Å². The van der Waals surface area contributed by atoms with Gasteiger partial charge in [-0.3, -0.25) is 9.69 Å². The topological polar surface area (TPSA) is 23.6 Å². The Morgan fingerprint density at radius 1 is 0.962 bits per heavy atom. The van der Waals surface area contributed by atoms with Crippen molar-refractivity contribution < 1.29 is 4.79 Å². The molecule has 2 aromatic carbocycles. The van der Waals surface area contributed by atoms with Gasteiger partial charge in [0.1, 0.15) is 0 Å². The summed E-state index contributed by atoms with van der Waals surface area (Å²) in [6.45, 7) is 7.57. The zero-order valence-electron chi connectivity index (χ0n) is 15.9. The number of nitrogens with zero attached hydrogens (tertiary/aromatic N) is 2. The van der Waals surface area contributed by atoms with Crippen LogP contribution in [0.2, 0.25) is 0 Å². The third-order valence-electron chi connectivity index (χ3n) is 5.75. The first-order chi connectivity index (χ1) is 12.7. The molecule has 0 bridgehead atoms. The molecule has 1 aliphatic heterocycles. The molecule has 4 rings (SSSR count). The first-order valence-electron chi connectivity index (χ1n) is 9.96. The lowest BCUT2D eigenvalue weighted by Gasteiger charge is -2.27. The minimum absolute atomic E-state index is 0.149. The van der Waals surface area contributed by atoms with Crippen LogP contribution in [0.25, 0.3) is 0 Å². The second kappa shape index (κ2) is 7.24. The molecule has 0 saturated carbocycles. The molecule has 0 spiro atoms. The van der Waals surface area contributed by atoms with E-state index in [9.17, 15) is 4.79 Å². The van der Waals surface area contributed by atoms with Gasteiger partial charge in [-0.15, -0.1) is 0 Å². The standard InChI is InChI=1S/C23H28N2O/c1-3-10-24(11-4-2)21-13-17-12-19-16-25(20-8-6-5-7-9-20)23(26)22(19)15-18(17)14-21/h5-9,12,15,21H,3-4,10-11,13-14,16H2,1-2H3.